The number of carbonyl (C=O) groups excluding carboxylic acids is 2. The fraction of sp³-hybridized carbons (Fsp3) is 0.167. The molecule has 0 atom stereocenters. The summed E-state index contributed by atoms with van der Waals surface area (Å²) >= 11 is 0.744. The van der Waals surface area contributed by atoms with E-state index < -0.39 is 22.0 Å². The van der Waals surface area contributed by atoms with Gasteiger partial charge >= 0.3 is 5.97 Å². The van der Waals surface area contributed by atoms with Crippen LogP contribution in [0.1, 0.15) is 18.6 Å². The number of thioether (sulfide) groups is 1. The molecular weight excluding hydrogens is 402 g/mol. The lowest BCUT2D eigenvalue weighted by atomic mass is 10.1. The number of anilines is 1. The fourth-order valence-corrected chi connectivity index (χ4v) is 3.52. The van der Waals surface area contributed by atoms with E-state index in [1.165, 1.54) is 24.3 Å². The molecule has 3 N–H and O–H groups in total. The zero-order valence-corrected chi connectivity index (χ0v) is 15.7. The lowest BCUT2D eigenvalue weighted by Crippen LogP contribution is -2.29. The molecule has 2 aromatic rings. The van der Waals surface area contributed by atoms with Crippen LogP contribution in [0.3, 0.4) is 0 Å². The zero-order chi connectivity index (χ0) is 21.1. The summed E-state index contributed by atoms with van der Waals surface area (Å²) in [5.41, 5.74) is 5.99. The molecule has 0 saturated carbocycles. The number of hydrogen-bond acceptors (Lipinski definition) is 8. The van der Waals surface area contributed by atoms with E-state index in [0.717, 1.165) is 16.7 Å². The quantitative estimate of drug-likeness (QED) is 0.298. The normalized spacial score (nSPS) is 15.3. The van der Waals surface area contributed by atoms with Gasteiger partial charge in [-0.1, -0.05) is 0 Å². The van der Waals surface area contributed by atoms with Crippen molar-refractivity contribution < 1.29 is 28.8 Å². The van der Waals surface area contributed by atoms with Crippen LogP contribution in [0, 0.1) is 10.1 Å². The average Bonchev–Trinajstić information content (AvgIpc) is 3.21. The van der Waals surface area contributed by atoms with Gasteiger partial charge in [0, 0.05) is 30.7 Å². The molecule has 1 fully saturated rings. The molecule has 1 saturated heterocycles. The first-order chi connectivity index (χ1) is 13.8. The van der Waals surface area contributed by atoms with E-state index in [9.17, 15) is 24.5 Å². The number of nitrogen functional groups attached to an aromatic ring is 1. The van der Waals surface area contributed by atoms with E-state index in [1.807, 2.05) is 0 Å². The van der Waals surface area contributed by atoms with Gasteiger partial charge in [0.15, 0.2) is 0 Å². The lowest BCUT2D eigenvalue weighted by Gasteiger charge is -2.10. The predicted octanol–water partition coefficient (Wildman–Crippen LogP) is 3.34. The molecular formula is C18H15N3O7S. The Bertz CT molecular complexity index is 1040. The maximum atomic E-state index is 12.4. The molecule has 2 amide bonds. The number of hydrogen-bond donors (Lipinski definition) is 2. The highest BCUT2D eigenvalue weighted by Crippen LogP contribution is 2.34. The molecule has 29 heavy (non-hydrogen) atoms. The highest BCUT2D eigenvalue weighted by Gasteiger charge is 2.34. The van der Waals surface area contributed by atoms with Crippen LogP contribution < -0.4 is 5.73 Å². The van der Waals surface area contributed by atoms with Crippen molar-refractivity contribution >= 4 is 46.3 Å². The van der Waals surface area contributed by atoms with Crippen LogP contribution in [0.25, 0.3) is 17.4 Å². The molecule has 11 heteroatoms. The fourth-order valence-electron chi connectivity index (χ4n) is 2.67. The Morgan fingerprint density at radius 3 is 2.72 bits per heavy atom. The monoisotopic (exact) mass is 417 g/mol. The molecule has 0 aliphatic carbocycles. The first-order valence-corrected chi connectivity index (χ1v) is 9.19. The highest BCUT2D eigenvalue weighted by atomic mass is 32.2. The second-order valence-corrected chi connectivity index (χ2v) is 7.06. The van der Waals surface area contributed by atoms with E-state index in [-0.39, 0.29) is 35.7 Å². The van der Waals surface area contributed by atoms with Gasteiger partial charge in [0.1, 0.15) is 17.2 Å². The van der Waals surface area contributed by atoms with Crippen molar-refractivity contribution in [2.75, 3.05) is 12.3 Å². The van der Waals surface area contributed by atoms with Gasteiger partial charge in [0.05, 0.1) is 9.83 Å². The number of aliphatic carboxylic acids is 1. The number of carboxylic acid groups (broad SMARTS) is 1. The maximum Gasteiger partial charge on any atom is 0.303 e. The van der Waals surface area contributed by atoms with Crippen LogP contribution in [0.2, 0.25) is 0 Å². The smallest absolute Gasteiger partial charge is 0.303 e. The van der Waals surface area contributed by atoms with Crippen molar-refractivity contribution in [3.8, 4) is 11.3 Å². The van der Waals surface area contributed by atoms with Crippen LogP contribution in [-0.2, 0) is 9.59 Å². The Morgan fingerprint density at radius 2 is 2.07 bits per heavy atom. The topological polar surface area (TPSA) is 157 Å². The minimum absolute atomic E-state index is 0.00655. The summed E-state index contributed by atoms with van der Waals surface area (Å²) in [5, 5.41) is 19.0. The standard InChI is InChI=1S/C18H15N3O7S/c19-12-8-10(3-5-13(12)21(26)27)14-6-4-11(28-14)9-15-17(24)20(18(25)29-15)7-1-2-16(22)23/h3-6,8-9H,1-2,7,19H2,(H,22,23)/b15-9+. The number of benzene rings is 1. The molecule has 0 radical (unpaired) electrons. The van der Waals surface area contributed by atoms with Crippen molar-refractivity contribution in [1.29, 1.82) is 0 Å². The Labute approximate surface area is 168 Å². The van der Waals surface area contributed by atoms with Gasteiger partial charge in [-0.3, -0.25) is 29.4 Å². The molecule has 1 aromatic heterocycles. The van der Waals surface area contributed by atoms with E-state index >= 15 is 0 Å². The molecule has 3 rings (SSSR count). The Morgan fingerprint density at radius 1 is 1.31 bits per heavy atom. The summed E-state index contributed by atoms with van der Waals surface area (Å²) in [6.07, 6.45) is 1.45. The number of furan rings is 1. The molecule has 1 aromatic carbocycles. The van der Waals surface area contributed by atoms with Crippen molar-refractivity contribution in [2.24, 2.45) is 0 Å². The van der Waals surface area contributed by atoms with Gasteiger partial charge in [-0.25, -0.2) is 0 Å². The molecule has 1 aliphatic heterocycles. The molecule has 0 unspecified atom stereocenters. The van der Waals surface area contributed by atoms with Crippen LogP contribution in [0.15, 0.2) is 39.7 Å². The van der Waals surface area contributed by atoms with Gasteiger partial charge in [0.2, 0.25) is 0 Å². The highest BCUT2D eigenvalue weighted by molar-refractivity contribution is 8.18. The summed E-state index contributed by atoms with van der Waals surface area (Å²) in [7, 11) is 0. The molecule has 10 nitrogen and oxygen atoms in total. The third-order valence-electron chi connectivity index (χ3n) is 4.05. The van der Waals surface area contributed by atoms with Crippen LogP contribution >= 0.6 is 11.8 Å². The predicted molar refractivity (Wildman–Crippen MR) is 105 cm³/mol. The van der Waals surface area contributed by atoms with Gasteiger partial charge in [0.25, 0.3) is 16.8 Å². The minimum atomic E-state index is -0.998. The number of carbonyl (C=O) groups is 3. The van der Waals surface area contributed by atoms with Gasteiger partial charge in [-0.15, -0.1) is 0 Å². The molecule has 2 heterocycles. The SMILES string of the molecule is Nc1cc(-c2ccc(/C=C3/SC(=O)N(CCCC(=O)O)C3=O)o2)ccc1[N+](=O)[O-]. The summed E-state index contributed by atoms with van der Waals surface area (Å²) in [5.74, 6) is -0.808. The molecule has 0 spiro atoms. The zero-order valence-electron chi connectivity index (χ0n) is 14.9. The lowest BCUT2D eigenvalue weighted by molar-refractivity contribution is -0.383. The minimum Gasteiger partial charge on any atom is -0.481 e. The Hall–Kier alpha value is -3.60. The summed E-state index contributed by atoms with van der Waals surface area (Å²) in [4.78, 5) is 46.4. The second kappa shape index (κ2) is 8.19. The number of rotatable bonds is 7. The number of nitro groups is 1. The van der Waals surface area contributed by atoms with Crippen LogP contribution in [0.4, 0.5) is 16.2 Å². The second-order valence-electron chi connectivity index (χ2n) is 6.06. The van der Waals surface area contributed by atoms with Crippen molar-refractivity contribution in [3.05, 3.63) is 51.1 Å². The Kier molecular flexibility index (Phi) is 5.69. The number of nitrogens with two attached hydrogens (primary N) is 1. The van der Waals surface area contributed by atoms with Gasteiger partial charge in [-0.2, -0.15) is 0 Å². The van der Waals surface area contributed by atoms with Crippen LogP contribution in [-0.4, -0.2) is 38.6 Å². The number of imide groups is 1. The van der Waals surface area contributed by atoms with E-state index in [4.69, 9.17) is 15.3 Å². The maximum absolute atomic E-state index is 12.4. The molecule has 150 valence electrons. The third-order valence-corrected chi connectivity index (χ3v) is 4.96. The summed E-state index contributed by atoms with van der Waals surface area (Å²) < 4.78 is 5.64. The Balaban J connectivity index is 1.75. The summed E-state index contributed by atoms with van der Waals surface area (Å²) in [6.45, 7) is 0.0276. The largest absolute Gasteiger partial charge is 0.481 e. The first-order valence-electron chi connectivity index (χ1n) is 8.37. The van der Waals surface area contributed by atoms with Gasteiger partial charge in [-0.05, 0) is 42.4 Å². The van der Waals surface area contributed by atoms with Crippen molar-refractivity contribution in [2.45, 2.75) is 12.8 Å². The van der Waals surface area contributed by atoms with Crippen molar-refractivity contribution in [3.63, 3.8) is 0 Å². The number of carboxylic acids is 1. The van der Waals surface area contributed by atoms with E-state index in [2.05, 4.69) is 0 Å². The number of amides is 2. The van der Waals surface area contributed by atoms with E-state index in [1.54, 1.807) is 12.1 Å². The first kappa shape index (κ1) is 20.1. The van der Waals surface area contributed by atoms with Crippen molar-refractivity contribution in [1.82, 2.24) is 4.90 Å². The molecule has 0 bridgehead atoms. The average molecular weight is 417 g/mol. The number of nitrogens with zero attached hydrogens (tertiary/aromatic N) is 2. The third kappa shape index (κ3) is 4.46. The van der Waals surface area contributed by atoms with Crippen LogP contribution in [0.5, 0.6) is 0 Å². The number of nitro benzene ring substituents is 1. The van der Waals surface area contributed by atoms with E-state index in [0.29, 0.717) is 17.1 Å². The van der Waals surface area contributed by atoms with Gasteiger partial charge < -0.3 is 15.3 Å². The molecule has 1 aliphatic rings. The summed E-state index contributed by atoms with van der Waals surface area (Å²) in [6, 6.07) is 7.38.